The maximum absolute atomic E-state index is 12.0. The Hall–Kier alpha value is -2.03. The van der Waals surface area contributed by atoms with Gasteiger partial charge in [-0.25, -0.2) is 0 Å². The van der Waals surface area contributed by atoms with E-state index in [9.17, 15) is 4.79 Å². The van der Waals surface area contributed by atoms with Crippen molar-refractivity contribution < 1.29 is 4.79 Å². The highest BCUT2D eigenvalue weighted by molar-refractivity contribution is 5.94. The summed E-state index contributed by atoms with van der Waals surface area (Å²) in [5.41, 5.74) is 3.21. The molecule has 0 spiro atoms. The summed E-state index contributed by atoms with van der Waals surface area (Å²) in [6.07, 6.45) is 4.02. The van der Waals surface area contributed by atoms with Crippen molar-refractivity contribution in [2.75, 3.05) is 6.54 Å². The zero-order valence-electron chi connectivity index (χ0n) is 10.2. The normalized spacial score (nSPS) is 14.8. The number of carbonyl (C=O) groups excluding carboxylic acids is 1. The van der Waals surface area contributed by atoms with Crippen LogP contribution in [-0.4, -0.2) is 17.0 Å². The molecule has 3 nitrogen and oxygen atoms in total. The van der Waals surface area contributed by atoms with Gasteiger partial charge in [-0.1, -0.05) is 30.3 Å². The maximum Gasteiger partial charge on any atom is 0.268 e. The van der Waals surface area contributed by atoms with Crippen LogP contribution >= 0.6 is 0 Å². The highest BCUT2D eigenvalue weighted by Crippen LogP contribution is 2.17. The smallest absolute Gasteiger partial charge is 0.268 e. The molecular formula is C15H16N2O. The molecule has 1 N–H and O–H groups in total. The molecule has 3 rings (SSSR count). The van der Waals surface area contributed by atoms with Gasteiger partial charge in [0, 0.05) is 19.3 Å². The number of hydrogen-bond donors (Lipinski definition) is 1. The van der Waals surface area contributed by atoms with Crippen LogP contribution < -0.4 is 5.32 Å². The first-order valence-corrected chi connectivity index (χ1v) is 6.35. The van der Waals surface area contributed by atoms with E-state index >= 15 is 0 Å². The van der Waals surface area contributed by atoms with Crippen molar-refractivity contribution in [1.82, 2.24) is 9.88 Å². The Bertz CT molecular complexity index is 557. The minimum Gasteiger partial charge on any atom is -0.351 e. The van der Waals surface area contributed by atoms with Crippen molar-refractivity contribution in [1.29, 1.82) is 0 Å². The van der Waals surface area contributed by atoms with Crippen LogP contribution in [0.5, 0.6) is 0 Å². The van der Waals surface area contributed by atoms with E-state index in [-0.39, 0.29) is 5.91 Å². The SMILES string of the molecule is O=C1NCCCc2ccn(Cc3ccccc3)c21. The van der Waals surface area contributed by atoms with Crippen LogP contribution in [0.3, 0.4) is 0 Å². The first kappa shape index (κ1) is 11.1. The summed E-state index contributed by atoms with van der Waals surface area (Å²) < 4.78 is 2.05. The van der Waals surface area contributed by atoms with Gasteiger partial charge in [0.15, 0.2) is 0 Å². The molecule has 0 fully saturated rings. The topological polar surface area (TPSA) is 34.0 Å². The molecule has 0 atom stereocenters. The zero-order chi connectivity index (χ0) is 12.4. The number of hydrogen-bond acceptors (Lipinski definition) is 1. The molecule has 1 aromatic carbocycles. The molecule has 18 heavy (non-hydrogen) atoms. The monoisotopic (exact) mass is 240 g/mol. The average Bonchev–Trinajstić information content (AvgIpc) is 2.69. The van der Waals surface area contributed by atoms with Gasteiger partial charge in [-0.05, 0) is 30.0 Å². The predicted molar refractivity (Wildman–Crippen MR) is 70.6 cm³/mol. The van der Waals surface area contributed by atoms with Crippen LogP contribution in [0, 0.1) is 0 Å². The average molecular weight is 240 g/mol. The fourth-order valence-corrected chi connectivity index (χ4v) is 2.47. The Morgan fingerprint density at radius 3 is 2.83 bits per heavy atom. The molecule has 0 aliphatic carbocycles. The molecule has 2 heterocycles. The lowest BCUT2D eigenvalue weighted by molar-refractivity contribution is 0.0947. The van der Waals surface area contributed by atoms with E-state index in [0.717, 1.165) is 31.6 Å². The minimum absolute atomic E-state index is 0.0587. The summed E-state index contributed by atoms with van der Waals surface area (Å²) in [6.45, 7) is 1.53. The van der Waals surface area contributed by atoms with Crippen molar-refractivity contribution in [3.63, 3.8) is 0 Å². The number of nitrogens with one attached hydrogen (secondary N) is 1. The third-order valence-corrected chi connectivity index (χ3v) is 3.37. The highest BCUT2D eigenvalue weighted by atomic mass is 16.1. The second-order valence-electron chi connectivity index (χ2n) is 4.66. The number of carbonyl (C=O) groups is 1. The van der Waals surface area contributed by atoms with Gasteiger partial charge in [0.1, 0.15) is 5.69 Å². The van der Waals surface area contributed by atoms with Crippen LogP contribution in [0.1, 0.15) is 28.0 Å². The lowest BCUT2D eigenvalue weighted by Crippen LogP contribution is -2.25. The van der Waals surface area contributed by atoms with Crippen molar-refractivity contribution in [2.45, 2.75) is 19.4 Å². The standard InChI is InChI=1S/C15H16N2O/c18-15-14-13(7-4-9-16-15)8-10-17(14)11-12-5-2-1-3-6-12/h1-3,5-6,8,10H,4,7,9,11H2,(H,16,18). The van der Waals surface area contributed by atoms with Crippen LogP contribution in [0.25, 0.3) is 0 Å². The highest BCUT2D eigenvalue weighted by Gasteiger charge is 2.19. The third kappa shape index (κ3) is 2.04. The molecule has 1 aliphatic rings. The van der Waals surface area contributed by atoms with Crippen LogP contribution in [0.15, 0.2) is 42.6 Å². The molecule has 92 valence electrons. The van der Waals surface area contributed by atoms with Gasteiger partial charge in [0.05, 0.1) is 0 Å². The van der Waals surface area contributed by atoms with E-state index in [1.807, 2.05) is 29.0 Å². The minimum atomic E-state index is 0.0587. The van der Waals surface area contributed by atoms with Crippen LogP contribution in [-0.2, 0) is 13.0 Å². The lowest BCUT2D eigenvalue weighted by Gasteiger charge is -2.09. The summed E-state index contributed by atoms with van der Waals surface area (Å²) in [5, 5.41) is 2.95. The Balaban J connectivity index is 1.94. The van der Waals surface area contributed by atoms with Crippen molar-refractivity contribution in [2.24, 2.45) is 0 Å². The number of nitrogens with zero attached hydrogens (tertiary/aromatic N) is 1. The summed E-state index contributed by atoms with van der Waals surface area (Å²) >= 11 is 0. The Morgan fingerprint density at radius 1 is 1.17 bits per heavy atom. The molecule has 0 saturated carbocycles. The fraction of sp³-hybridized carbons (Fsp3) is 0.267. The molecule has 0 bridgehead atoms. The number of aromatic nitrogens is 1. The first-order valence-electron chi connectivity index (χ1n) is 6.35. The molecule has 0 saturated heterocycles. The number of amides is 1. The van der Waals surface area contributed by atoms with E-state index in [2.05, 4.69) is 23.5 Å². The molecule has 2 aromatic rings. The largest absolute Gasteiger partial charge is 0.351 e. The van der Waals surface area contributed by atoms with Crippen LogP contribution in [0.4, 0.5) is 0 Å². The second kappa shape index (κ2) is 4.69. The zero-order valence-corrected chi connectivity index (χ0v) is 10.2. The van der Waals surface area contributed by atoms with Gasteiger partial charge in [0.25, 0.3) is 5.91 Å². The predicted octanol–water partition coefficient (Wildman–Crippen LogP) is 2.21. The van der Waals surface area contributed by atoms with Gasteiger partial charge in [0.2, 0.25) is 0 Å². The van der Waals surface area contributed by atoms with Crippen molar-refractivity contribution in [3.8, 4) is 0 Å². The fourth-order valence-electron chi connectivity index (χ4n) is 2.47. The van der Waals surface area contributed by atoms with Gasteiger partial charge < -0.3 is 9.88 Å². The summed E-state index contributed by atoms with van der Waals surface area (Å²) in [7, 11) is 0. The van der Waals surface area contributed by atoms with E-state index in [1.165, 1.54) is 11.1 Å². The molecule has 3 heteroatoms. The molecule has 1 amide bonds. The van der Waals surface area contributed by atoms with Gasteiger partial charge >= 0.3 is 0 Å². The van der Waals surface area contributed by atoms with Gasteiger partial charge in [-0.15, -0.1) is 0 Å². The summed E-state index contributed by atoms with van der Waals surface area (Å²) in [4.78, 5) is 12.0. The summed E-state index contributed by atoms with van der Waals surface area (Å²) in [6, 6.07) is 12.3. The number of aryl methyl sites for hydroxylation is 1. The first-order chi connectivity index (χ1) is 8.84. The Morgan fingerprint density at radius 2 is 2.00 bits per heavy atom. The number of benzene rings is 1. The van der Waals surface area contributed by atoms with E-state index < -0.39 is 0 Å². The van der Waals surface area contributed by atoms with Gasteiger partial charge in [-0.3, -0.25) is 4.79 Å². The Labute approximate surface area is 106 Å². The number of fused-ring (bicyclic) bond motifs is 1. The lowest BCUT2D eigenvalue weighted by atomic mass is 10.1. The van der Waals surface area contributed by atoms with E-state index in [1.54, 1.807) is 0 Å². The molecule has 0 unspecified atom stereocenters. The maximum atomic E-state index is 12.0. The number of rotatable bonds is 2. The molecule has 0 radical (unpaired) electrons. The van der Waals surface area contributed by atoms with Crippen molar-refractivity contribution in [3.05, 3.63) is 59.4 Å². The van der Waals surface area contributed by atoms with E-state index in [4.69, 9.17) is 0 Å². The third-order valence-electron chi connectivity index (χ3n) is 3.37. The Kier molecular flexibility index (Phi) is 2.89. The molecule has 1 aromatic heterocycles. The quantitative estimate of drug-likeness (QED) is 0.858. The molecule has 1 aliphatic heterocycles. The second-order valence-corrected chi connectivity index (χ2v) is 4.66. The molecular weight excluding hydrogens is 224 g/mol. The van der Waals surface area contributed by atoms with Crippen molar-refractivity contribution >= 4 is 5.91 Å². The van der Waals surface area contributed by atoms with Crippen LogP contribution in [0.2, 0.25) is 0 Å². The van der Waals surface area contributed by atoms with E-state index in [0.29, 0.717) is 0 Å². The summed E-state index contributed by atoms with van der Waals surface area (Å²) in [5.74, 6) is 0.0587. The van der Waals surface area contributed by atoms with Gasteiger partial charge in [-0.2, -0.15) is 0 Å².